The van der Waals surface area contributed by atoms with Crippen molar-refractivity contribution < 1.29 is 13.2 Å². The lowest BCUT2D eigenvalue weighted by atomic mass is 10.1. The summed E-state index contributed by atoms with van der Waals surface area (Å²) in [5.41, 5.74) is 6.30. The van der Waals surface area contributed by atoms with Crippen LogP contribution in [0.2, 0.25) is 5.02 Å². The number of aromatic nitrogens is 1. The van der Waals surface area contributed by atoms with Gasteiger partial charge < -0.3 is 15.5 Å². The van der Waals surface area contributed by atoms with Crippen LogP contribution in [0.5, 0.6) is 0 Å². The van der Waals surface area contributed by atoms with Gasteiger partial charge in [-0.05, 0) is 25.0 Å². The van der Waals surface area contributed by atoms with Crippen LogP contribution in [0.1, 0.15) is 18.4 Å². The molecule has 2 N–H and O–H groups in total. The fourth-order valence-electron chi connectivity index (χ4n) is 3.64. The van der Waals surface area contributed by atoms with Gasteiger partial charge in [0.05, 0.1) is 22.3 Å². The van der Waals surface area contributed by atoms with Crippen molar-refractivity contribution in [2.45, 2.75) is 18.4 Å². The van der Waals surface area contributed by atoms with Crippen molar-refractivity contribution in [1.29, 1.82) is 0 Å². The first-order valence-corrected chi connectivity index (χ1v) is 9.22. The second-order valence-electron chi connectivity index (χ2n) is 6.91. The molecule has 1 saturated carbocycles. The summed E-state index contributed by atoms with van der Waals surface area (Å²) < 4.78 is 40.7. The van der Waals surface area contributed by atoms with E-state index in [0.717, 1.165) is 25.1 Å². The van der Waals surface area contributed by atoms with E-state index in [1.807, 2.05) is 4.90 Å². The smallest absolute Gasteiger partial charge is 0.168 e. The number of halogens is 4. The quantitative estimate of drug-likeness (QED) is 0.601. The van der Waals surface area contributed by atoms with Crippen molar-refractivity contribution in [2.75, 3.05) is 30.3 Å². The predicted octanol–water partition coefficient (Wildman–Crippen LogP) is 3.76. The van der Waals surface area contributed by atoms with E-state index < -0.39 is 17.5 Å². The predicted molar refractivity (Wildman–Crippen MR) is 103 cm³/mol. The Morgan fingerprint density at radius 3 is 2.52 bits per heavy atom. The van der Waals surface area contributed by atoms with Crippen molar-refractivity contribution in [3.05, 3.63) is 52.4 Å². The van der Waals surface area contributed by atoms with Crippen LogP contribution < -0.4 is 10.6 Å². The first-order chi connectivity index (χ1) is 12.8. The maximum atomic E-state index is 14.1. The molecule has 1 saturated heterocycles. The lowest BCUT2D eigenvalue weighted by Crippen LogP contribution is -2.57. The lowest BCUT2D eigenvalue weighted by Gasteiger charge is -2.44. The zero-order chi connectivity index (χ0) is 19.3. The van der Waals surface area contributed by atoms with Crippen LogP contribution >= 0.6 is 23.8 Å². The average Bonchev–Trinajstić information content (AvgIpc) is 3.33. The highest BCUT2D eigenvalue weighted by Gasteiger charge is 2.53. The molecule has 1 aromatic heterocycles. The summed E-state index contributed by atoms with van der Waals surface area (Å²) in [5.74, 6) is -1.79. The number of nitrogens with zero attached hydrogens (tertiary/aromatic N) is 3. The van der Waals surface area contributed by atoms with Crippen LogP contribution in [0.25, 0.3) is 0 Å². The van der Waals surface area contributed by atoms with Crippen LogP contribution in [-0.4, -0.2) is 40.0 Å². The summed E-state index contributed by atoms with van der Waals surface area (Å²) in [6, 6.07) is 3.21. The number of anilines is 2. The maximum Gasteiger partial charge on any atom is 0.168 e. The third-order valence-electron chi connectivity index (χ3n) is 5.11. The highest BCUT2D eigenvalue weighted by atomic mass is 35.5. The van der Waals surface area contributed by atoms with Gasteiger partial charge >= 0.3 is 0 Å². The molecule has 0 unspecified atom stereocenters. The Morgan fingerprint density at radius 2 is 1.89 bits per heavy atom. The van der Waals surface area contributed by atoms with Gasteiger partial charge in [0.15, 0.2) is 11.6 Å². The average molecular weight is 413 g/mol. The SMILES string of the molecule is Nc1cc(F)cc(Cl)c1C(=S)N1CCN(c2ncc(F)cc2F)CC12CC2. The summed E-state index contributed by atoms with van der Waals surface area (Å²) >= 11 is 11.8. The molecule has 1 aromatic carbocycles. The third-order valence-corrected chi connectivity index (χ3v) is 5.83. The number of rotatable bonds is 2. The molecular weight excluding hydrogens is 397 g/mol. The fraction of sp³-hybridized carbons (Fsp3) is 0.333. The monoisotopic (exact) mass is 412 g/mol. The van der Waals surface area contributed by atoms with E-state index in [1.165, 1.54) is 12.1 Å². The van der Waals surface area contributed by atoms with Crippen LogP contribution in [0.15, 0.2) is 24.4 Å². The molecule has 0 atom stereocenters. The highest BCUT2D eigenvalue weighted by molar-refractivity contribution is 7.80. The molecule has 0 bridgehead atoms. The Balaban J connectivity index is 1.60. The van der Waals surface area contributed by atoms with Crippen molar-refractivity contribution in [1.82, 2.24) is 9.88 Å². The van der Waals surface area contributed by atoms with Crippen LogP contribution in [0.4, 0.5) is 24.7 Å². The number of nitrogen functional groups attached to an aromatic ring is 1. The van der Waals surface area contributed by atoms with Gasteiger partial charge in [-0.3, -0.25) is 0 Å². The van der Waals surface area contributed by atoms with E-state index in [9.17, 15) is 13.2 Å². The summed E-state index contributed by atoms with van der Waals surface area (Å²) in [7, 11) is 0. The first kappa shape index (κ1) is 18.3. The van der Waals surface area contributed by atoms with Gasteiger partial charge in [0.2, 0.25) is 0 Å². The summed E-state index contributed by atoms with van der Waals surface area (Å²) in [6.07, 6.45) is 2.74. The maximum absolute atomic E-state index is 14.1. The van der Waals surface area contributed by atoms with Gasteiger partial charge in [0, 0.05) is 31.4 Å². The Labute approximate surface area is 164 Å². The van der Waals surface area contributed by atoms with Crippen LogP contribution in [0.3, 0.4) is 0 Å². The molecule has 4 rings (SSSR count). The summed E-state index contributed by atoms with van der Waals surface area (Å²) in [4.78, 5) is 8.20. The van der Waals surface area contributed by atoms with E-state index in [1.54, 1.807) is 4.90 Å². The molecule has 2 fully saturated rings. The lowest BCUT2D eigenvalue weighted by molar-refractivity contribution is 0.263. The molecule has 1 spiro atoms. The molecule has 2 aliphatic rings. The standard InChI is InChI=1S/C18H16ClF3N4S/c19-12-5-10(20)7-14(23)15(12)17(27)26-4-3-25(9-18(26)1-2-18)16-13(22)6-11(21)8-24-16/h5-8H,1-4,9,23H2. The van der Waals surface area contributed by atoms with E-state index in [-0.39, 0.29) is 22.1 Å². The number of piperazine rings is 1. The van der Waals surface area contributed by atoms with Gasteiger partial charge in [-0.15, -0.1) is 0 Å². The van der Waals surface area contributed by atoms with E-state index >= 15 is 0 Å². The van der Waals surface area contributed by atoms with Gasteiger partial charge in [-0.1, -0.05) is 23.8 Å². The van der Waals surface area contributed by atoms with Gasteiger partial charge in [-0.2, -0.15) is 0 Å². The Hall–Kier alpha value is -2.06. The van der Waals surface area contributed by atoms with Crippen molar-refractivity contribution in [2.24, 2.45) is 0 Å². The number of benzene rings is 1. The second kappa shape index (κ2) is 6.53. The van der Waals surface area contributed by atoms with Gasteiger partial charge in [0.1, 0.15) is 16.6 Å². The number of pyridine rings is 1. The number of hydrogen-bond donors (Lipinski definition) is 1. The van der Waals surface area contributed by atoms with Crippen LogP contribution in [-0.2, 0) is 0 Å². The molecule has 2 aromatic rings. The molecule has 0 amide bonds. The normalized spacial score (nSPS) is 18.1. The van der Waals surface area contributed by atoms with Gasteiger partial charge in [0.25, 0.3) is 0 Å². The molecule has 1 aliphatic heterocycles. The molecule has 4 nitrogen and oxygen atoms in total. The molecule has 1 aliphatic carbocycles. The Morgan fingerprint density at radius 1 is 1.15 bits per heavy atom. The largest absolute Gasteiger partial charge is 0.398 e. The topological polar surface area (TPSA) is 45.4 Å². The molecule has 2 heterocycles. The molecular formula is C18H16ClF3N4S. The summed E-state index contributed by atoms with van der Waals surface area (Å²) in [6.45, 7) is 1.46. The minimum Gasteiger partial charge on any atom is -0.398 e. The highest BCUT2D eigenvalue weighted by Crippen LogP contribution is 2.46. The molecule has 142 valence electrons. The Bertz CT molecular complexity index is 912. The molecule has 0 radical (unpaired) electrons. The minimum atomic E-state index is -0.710. The number of thiocarbonyl (C=S) groups is 1. The first-order valence-electron chi connectivity index (χ1n) is 8.43. The molecule has 27 heavy (non-hydrogen) atoms. The summed E-state index contributed by atoms with van der Waals surface area (Å²) in [5, 5.41) is 0.168. The van der Waals surface area contributed by atoms with Crippen molar-refractivity contribution >= 4 is 40.3 Å². The van der Waals surface area contributed by atoms with E-state index in [4.69, 9.17) is 29.6 Å². The van der Waals surface area contributed by atoms with Gasteiger partial charge in [-0.25, -0.2) is 18.2 Å². The zero-order valence-electron chi connectivity index (χ0n) is 14.2. The van der Waals surface area contributed by atoms with Crippen LogP contribution in [0, 0.1) is 17.5 Å². The Kier molecular flexibility index (Phi) is 4.43. The zero-order valence-corrected chi connectivity index (χ0v) is 15.8. The van der Waals surface area contributed by atoms with E-state index in [0.29, 0.717) is 30.2 Å². The third kappa shape index (κ3) is 3.21. The molecule has 9 heteroatoms. The van der Waals surface area contributed by atoms with Crippen molar-refractivity contribution in [3.8, 4) is 0 Å². The number of nitrogens with two attached hydrogens (primary N) is 1. The number of hydrogen-bond acceptors (Lipinski definition) is 4. The second-order valence-corrected chi connectivity index (χ2v) is 7.71. The minimum absolute atomic E-state index is 0.132. The van der Waals surface area contributed by atoms with E-state index in [2.05, 4.69) is 4.98 Å². The van der Waals surface area contributed by atoms with Crippen molar-refractivity contribution in [3.63, 3.8) is 0 Å². The fourth-order valence-corrected chi connectivity index (χ4v) is 4.51.